The van der Waals surface area contributed by atoms with Crippen LogP contribution in [0.25, 0.3) is 10.9 Å². The molecule has 0 radical (unpaired) electrons. The van der Waals surface area contributed by atoms with Gasteiger partial charge in [0, 0.05) is 30.1 Å². The predicted molar refractivity (Wildman–Crippen MR) is 82.1 cm³/mol. The minimum absolute atomic E-state index is 0.370. The van der Waals surface area contributed by atoms with Gasteiger partial charge in [-0.2, -0.15) is 13.2 Å². The van der Waals surface area contributed by atoms with Crippen LogP contribution >= 0.6 is 23.2 Å². The third kappa shape index (κ3) is 3.73. The smallest absolute Gasteiger partial charge is 0.475 e. The molecule has 2 aromatic rings. The van der Waals surface area contributed by atoms with Gasteiger partial charge in [0.1, 0.15) is 0 Å². The Hall–Kier alpha value is -1.44. The van der Waals surface area contributed by atoms with Crippen LogP contribution in [-0.2, 0) is 11.2 Å². The summed E-state index contributed by atoms with van der Waals surface area (Å²) in [5.41, 5.74) is 3.58. The molecule has 0 spiro atoms. The van der Waals surface area contributed by atoms with E-state index in [1.54, 1.807) is 0 Å². The van der Waals surface area contributed by atoms with Crippen molar-refractivity contribution in [2.24, 2.45) is 0 Å². The summed E-state index contributed by atoms with van der Waals surface area (Å²) in [4.78, 5) is 12.3. The summed E-state index contributed by atoms with van der Waals surface area (Å²) in [6.45, 7) is 3.18. The minimum atomic E-state index is -5.08. The second kappa shape index (κ2) is 6.59. The number of rotatable bonds is 0. The van der Waals surface area contributed by atoms with E-state index in [2.05, 4.69) is 17.2 Å². The van der Waals surface area contributed by atoms with E-state index in [-0.39, 0.29) is 0 Å². The second-order valence-electron chi connectivity index (χ2n) is 5.03. The Labute approximate surface area is 139 Å². The normalized spacial score (nSPS) is 17.4. The van der Waals surface area contributed by atoms with Crippen molar-refractivity contribution < 1.29 is 23.1 Å². The van der Waals surface area contributed by atoms with E-state index in [4.69, 9.17) is 33.1 Å². The van der Waals surface area contributed by atoms with Crippen LogP contribution in [-0.4, -0.2) is 28.8 Å². The number of halogens is 5. The number of aliphatic carboxylic acids is 1. The van der Waals surface area contributed by atoms with Gasteiger partial charge >= 0.3 is 12.1 Å². The van der Waals surface area contributed by atoms with Crippen LogP contribution in [0.15, 0.2) is 12.1 Å². The molecule has 2 heterocycles. The molecule has 1 aliphatic rings. The number of aromatic amines is 1. The Morgan fingerprint density at radius 2 is 1.96 bits per heavy atom. The summed E-state index contributed by atoms with van der Waals surface area (Å²) in [6, 6.07) is 4.28. The Morgan fingerprint density at radius 1 is 1.35 bits per heavy atom. The van der Waals surface area contributed by atoms with Gasteiger partial charge in [-0.15, -0.1) is 0 Å². The molecule has 0 aliphatic carbocycles. The standard InChI is InChI=1S/C12H12Cl2N2.C2HF3O2/c1-6-10-7-2-3-8(13)11(14)12(7)16-9(10)4-5-15-6;3-2(4,5)1(6)7/h2-3,6,15-16H,4-5H2,1H3;(H,6,7). The van der Waals surface area contributed by atoms with E-state index in [9.17, 15) is 13.2 Å². The van der Waals surface area contributed by atoms with Gasteiger partial charge in [0.25, 0.3) is 0 Å². The van der Waals surface area contributed by atoms with Crippen molar-refractivity contribution in [2.45, 2.75) is 25.6 Å². The van der Waals surface area contributed by atoms with Crippen LogP contribution in [0.3, 0.4) is 0 Å². The summed E-state index contributed by atoms with van der Waals surface area (Å²) in [5.74, 6) is -2.76. The molecule has 0 saturated heterocycles. The topological polar surface area (TPSA) is 65.1 Å². The number of alkyl halides is 3. The van der Waals surface area contributed by atoms with Gasteiger partial charge in [0.2, 0.25) is 0 Å². The molecule has 0 saturated carbocycles. The summed E-state index contributed by atoms with van der Waals surface area (Å²) < 4.78 is 31.7. The molecule has 4 nitrogen and oxygen atoms in total. The molecule has 1 aliphatic heterocycles. The van der Waals surface area contributed by atoms with Gasteiger partial charge in [-0.3, -0.25) is 0 Å². The molecule has 23 heavy (non-hydrogen) atoms. The fraction of sp³-hybridized carbons (Fsp3) is 0.357. The summed E-state index contributed by atoms with van der Waals surface area (Å²) in [5, 5.41) is 13.0. The van der Waals surface area contributed by atoms with Crippen molar-refractivity contribution in [3.8, 4) is 0 Å². The quantitative estimate of drug-likeness (QED) is 0.648. The summed E-state index contributed by atoms with van der Waals surface area (Å²) in [6.07, 6.45) is -4.07. The van der Waals surface area contributed by atoms with Crippen LogP contribution < -0.4 is 5.32 Å². The molecule has 0 bridgehead atoms. The molecular weight excluding hydrogens is 356 g/mol. The molecule has 1 unspecified atom stereocenters. The van der Waals surface area contributed by atoms with Crippen molar-refractivity contribution in [3.05, 3.63) is 33.4 Å². The number of hydrogen-bond acceptors (Lipinski definition) is 2. The molecular formula is C14H13Cl2F3N2O2. The highest BCUT2D eigenvalue weighted by Gasteiger charge is 2.38. The Morgan fingerprint density at radius 3 is 2.52 bits per heavy atom. The zero-order valence-electron chi connectivity index (χ0n) is 11.9. The van der Waals surface area contributed by atoms with E-state index >= 15 is 0 Å². The van der Waals surface area contributed by atoms with Crippen molar-refractivity contribution in [1.82, 2.24) is 10.3 Å². The molecule has 1 aromatic heterocycles. The highest BCUT2D eigenvalue weighted by atomic mass is 35.5. The zero-order valence-corrected chi connectivity index (χ0v) is 13.4. The fourth-order valence-corrected chi connectivity index (χ4v) is 2.86. The van der Waals surface area contributed by atoms with Crippen LogP contribution in [0.5, 0.6) is 0 Å². The zero-order chi connectivity index (χ0) is 17.4. The molecule has 0 fully saturated rings. The van der Waals surface area contributed by atoms with Gasteiger partial charge in [0.05, 0.1) is 15.6 Å². The van der Waals surface area contributed by atoms with Gasteiger partial charge < -0.3 is 15.4 Å². The lowest BCUT2D eigenvalue weighted by molar-refractivity contribution is -0.192. The predicted octanol–water partition coefficient (Wildman–Crippen LogP) is 4.31. The van der Waals surface area contributed by atoms with Gasteiger partial charge in [-0.05, 0) is 18.6 Å². The number of carboxylic acids is 1. The van der Waals surface area contributed by atoms with Crippen molar-refractivity contribution in [3.63, 3.8) is 0 Å². The monoisotopic (exact) mass is 368 g/mol. The first-order chi connectivity index (χ1) is 10.6. The van der Waals surface area contributed by atoms with Crippen LogP contribution in [0.1, 0.15) is 24.2 Å². The van der Waals surface area contributed by atoms with Crippen molar-refractivity contribution in [2.75, 3.05) is 6.54 Å². The first kappa shape index (κ1) is 17.9. The minimum Gasteiger partial charge on any atom is -0.475 e. The number of aromatic nitrogens is 1. The highest BCUT2D eigenvalue weighted by molar-refractivity contribution is 6.45. The van der Waals surface area contributed by atoms with Crippen LogP contribution in [0.2, 0.25) is 10.0 Å². The maximum atomic E-state index is 10.6. The van der Waals surface area contributed by atoms with E-state index in [1.165, 1.54) is 16.6 Å². The van der Waals surface area contributed by atoms with E-state index in [1.807, 2.05) is 12.1 Å². The van der Waals surface area contributed by atoms with Crippen molar-refractivity contribution in [1.29, 1.82) is 0 Å². The molecule has 126 valence electrons. The maximum absolute atomic E-state index is 10.6. The Kier molecular flexibility index (Phi) is 5.13. The van der Waals surface area contributed by atoms with Gasteiger partial charge in [0.15, 0.2) is 0 Å². The van der Waals surface area contributed by atoms with Gasteiger partial charge in [-0.1, -0.05) is 29.3 Å². The Bertz CT molecular complexity index is 744. The lowest BCUT2D eigenvalue weighted by Crippen LogP contribution is -2.27. The van der Waals surface area contributed by atoms with E-state index in [0.29, 0.717) is 16.1 Å². The van der Waals surface area contributed by atoms with Crippen molar-refractivity contribution >= 4 is 40.1 Å². The Balaban J connectivity index is 0.000000236. The lowest BCUT2D eigenvalue weighted by Gasteiger charge is -2.20. The number of nitrogens with one attached hydrogen (secondary N) is 2. The molecule has 9 heteroatoms. The number of benzene rings is 1. The first-order valence-corrected chi connectivity index (χ1v) is 7.40. The lowest BCUT2D eigenvalue weighted by atomic mass is 9.99. The van der Waals surface area contributed by atoms with Crippen LogP contribution in [0, 0.1) is 0 Å². The number of fused-ring (bicyclic) bond motifs is 3. The SMILES string of the molecule is CC1NCCc2[nH]c3c(Cl)c(Cl)ccc3c21.O=C(O)C(F)(F)F. The number of carboxylic acid groups (broad SMARTS) is 1. The molecule has 0 amide bonds. The summed E-state index contributed by atoms with van der Waals surface area (Å²) in [7, 11) is 0. The number of H-pyrrole nitrogens is 1. The molecule has 1 aromatic carbocycles. The number of carbonyl (C=O) groups is 1. The van der Waals surface area contributed by atoms with Gasteiger partial charge in [-0.25, -0.2) is 4.79 Å². The third-order valence-electron chi connectivity index (χ3n) is 3.49. The number of hydrogen-bond donors (Lipinski definition) is 3. The van der Waals surface area contributed by atoms with E-state index < -0.39 is 12.1 Å². The largest absolute Gasteiger partial charge is 0.490 e. The molecule has 3 rings (SSSR count). The van der Waals surface area contributed by atoms with E-state index in [0.717, 1.165) is 18.5 Å². The average Bonchev–Trinajstić information content (AvgIpc) is 2.83. The molecule has 3 N–H and O–H groups in total. The molecule has 1 atom stereocenters. The maximum Gasteiger partial charge on any atom is 0.490 e. The fourth-order valence-electron chi connectivity index (χ4n) is 2.49. The second-order valence-corrected chi connectivity index (χ2v) is 5.82. The summed E-state index contributed by atoms with van der Waals surface area (Å²) >= 11 is 12.2. The average molecular weight is 369 g/mol. The highest BCUT2D eigenvalue weighted by Crippen LogP contribution is 2.37. The third-order valence-corrected chi connectivity index (χ3v) is 4.29. The first-order valence-electron chi connectivity index (χ1n) is 6.65. The van der Waals surface area contributed by atoms with Crippen LogP contribution in [0.4, 0.5) is 13.2 Å².